The number of hydrogen-bond donors (Lipinski definition) is 2. The quantitative estimate of drug-likeness (QED) is 0.480. The van der Waals surface area contributed by atoms with Gasteiger partial charge >= 0.3 is 0 Å². The Kier molecular flexibility index (Phi) is 4.82. The molecule has 0 saturated carbocycles. The van der Waals surface area contributed by atoms with Crippen molar-refractivity contribution in [3.63, 3.8) is 0 Å². The Bertz CT molecular complexity index is 490. The topological polar surface area (TPSA) is 102 Å². The zero-order chi connectivity index (χ0) is 14.6. The van der Waals surface area contributed by atoms with Crippen LogP contribution in [0.1, 0.15) is 30.6 Å². The van der Waals surface area contributed by atoms with Crippen molar-refractivity contribution in [2.24, 2.45) is 5.84 Å². The minimum atomic E-state index is -0.554. The summed E-state index contributed by atoms with van der Waals surface area (Å²) in [4.78, 5) is 24.0. The molecule has 0 aliphatic carbocycles. The summed E-state index contributed by atoms with van der Waals surface area (Å²) < 4.78 is 0. The zero-order valence-corrected chi connectivity index (χ0v) is 11.2. The third kappa shape index (κ3) is 3.19. The van der Waals surface area contributed by atoms with Gasteiger partial charge in [-0.1, -0.05) is 6.92 Å². The molecule has 1 unspecified atom stereocenters. The number of nitrogens with zero attached hydrogens (tertiary/aromatic N) is 2. The largest absolute Gasteiger partial charge is 0.339 e. The van der Waals surface area contributed by atoms with Crippen LogP contribution in [0.2, 0.25) is 0 Å². The molecule has 1 amide bonds. The van der Waals surface area contributed by atoms with Gasteiger partial charge in [-0.05, 0) is 25.5 Å². The Morgan fingerprint density at radius 1 is 1.58 bits per heavy atom. The average molecular weight is 266 g/mol. The van der Waals surface area contributed by atoms with Crippen molar-refractivity contribution in [2.45, 2.75) is 26.3 Å². The monoisotopic (exact) mass is 266 g/mol. The Balaban J connectivity index is 3.09. The molecule has 19 heavy (non-hydrogen) atoms. The fourth-order valence-corrected chi connectivity index (χ4v) is 1.62. The van der Waals surface area contributed by atoms with Crippen molar-refractivity contribution in [1.29, 1.82) is 0 Å². The minimum absolute atomic E-state index is 0.0944. The van der Waals surface area contributed by atoms with Gasteiger partial charge < -0.3 is 10.3 Å². The second-order valence-corrected chi connectivity index (χ2v) is 4.31. The summed E-state index contributed by atoms with van der Waals surface area (Å²) in [5.41, 5.74) is 2.56. The van der Waals surface area contributed by atoms with E-state index in [1.807, 2.05) is 13.8 Å². The number of nitrogen functional groups attached to an aromatic ring is 1. The first-order chi connectivity index (χ1) is 8.92. The molecule has 0 bridgehead atoms. The number of hydrogen-bond acceptors (Lipinski definition) is 5. The molecule has 0 aliphatic rings. The fraction of sp³-hybridized carbons (Fsp3) is 0.417. The van der Waals surface area contributed by atoms with Gasteiger partial charge in [0.15, 0.2) is 0 Å². The van der Waals surface area contributed by atoms with Gasteiger partial charge in [-0.15, -0.1) is 0 Å². The molecule has 0 saturated heterocycles. The molecule has 7 heteroatoms. The van der Waals surface area contributed by atoms with Crippen LogP contribution in [0.4, 0.5) is 11.4 Å². The van der Waals surface area contributed by atoms with Crippen LogP contribution in [-0.2, 0) is 0 Å². The van der Waals surface area contributed by atoms with E-state index < -0.39 is 4.92 Å². The highest BCUT2D eigenvalue weighted by Crippen LogP contribution is 2.25. The molecule has 104 valence electrons. The Labute approximate surface area is 111 Å². The second-order valence-electron chi connectivity index (χ2n) is 4.31. The molecule has 7 nitrogen and oxygen atoms in total. The van der Waals surface area contributed by atoms with E-state index in [1.54, 1.807) is 11.9 Å². The maximum atomic E-state index is 12.2. The van der Waals surface area contributed by atoms with Gasteiger partial charge in [0.05, 0.1) is 4.92 Å². The lowest BCUT2D eigenvalue weighted by molar-refractivity contribution is -0.384. The minimum Gasteiger partial charge on any atom is -0.339 e. The molecular formula is C12H18N4O3. The second kappa shape index (κ2) is 6.14. The van der Waals surface area contributed by atoms with E-state index in [0.717, 1.165) is 6.42 Å². The molecule has 0 aliphatic heterocycles. The number of hydrazine groups is 1. The Morgan fingerprint density at radius 3 is 2.68 bits per heavy atom. The molecular weight excluding hydrogens is 248 g/mol. The third-order valence-corrected chi connectivity index (χ3v) is 3.17. The van der Waals surface area contributed by atoms with Crippen molar-refractivity contribution in [2.75, 3.05) is 12.5 Å². The molecule has 1 rings (SSSR count). The maximum Gasteiger partial charge on any atom is 0.293 e. The summed E-state index contributed by atoms with van der Waals surface area (Å²) in [6.07, 6.45) is 0.831. The summed E-state index contributed by atoms with van der Waals surface area (Å²) >= 11 is 0. The molecule has 0 radical (unpaired) electrons. The molecule has 0 spiro atoms. The number of carbonyl (C=O) groups is 1. The standard InChI is InChI=1S/C12H18N4O3/c1-4-8(2)15(3)12(17)9-5-6-11(16(18)19)10(7-9)14-13/h5-8,14H,4,13H2,1-3H3. The number of rotatable bonds is 5. The Hall–Kier alpha value is -2.15. The van der Waals surface area contributed by atoms with E-state index in [1.165, 1.54) is 18.2 Å². The molecule has 3 N–H and O–H groups in total. The first kappa shape index (κ1) is 14.9. The molecule has 0 heterocycles. The summed E-state index contributed by atoms with van der Waals surface area (Å²) in [5, 5.41) is 10.8. The van der Waals surface area contributed by atoms with Crippen LogP contribution in [0.15, 0.2) is 18.2 Å². The van der Waals surface area contributed by atoms with Crippen LogP contribution in [0.25, 0.3) is 0 Å². The number of amides is 1. The van der Waals surface area contributed by atoms with Gasteiger partial charge in [0.1, 0.15) is 5.69 Å². The van der Waals surface area contributed by atoms with Crippen molar-refractivity contribution < 1.29 is 9.72 Å². The lowest BCUT2D eigenvalue weighted by atomic mass is 10.1. The summed E-state index contributed by atoms with van der Waals surface area (Å²) in [7, 11) is 1.70. The lowest BCUT2D eigenvalue weighted by Gasteiger charge is -2.24. The number of nitro groups is 1. The van der Waals surface area contributed by atoms with Crippen LogP contribution >= 0.6 is 0 Å². The molecule has 0 fully saturated rings. The summed E-state index contributed by atoms with van der Waals surface area (Å²) in [6.45, 7) is 3.92. The molecule has 1 aromatic carbocycles. The van der Waals surface area contributed by atoms with Gasteiger partial charge in [-0.2, -0.15) is 0 Å². The number of carbonyl (C=O) groups excluding carboxylic acids is 1. The highest BCUT2D eigenvalue weighted by molar-refractivity contribution is 5.96. The van der Waals surface area contributed by atoms with Gasteiger partial charge in [-0.3, -0.25) is 20.8 Å². The first-order valence-electron chi connectivity index (χ1n) is 5.94. The van der Waals surface area contributed by atoms with Crippen molar-refractivity contribution in [1.82, 2.24) is 4.90 Å². The zero-order valence-electron chi connectivity index (χ0n) is 11.2. The van der Waals surface area contributed by atoms with E-state index >= 15 is 0 Å². The normalized spacial score (nSPS) is 11.8. The fourth-order valence-electron chi connectivity index (χ4n) is 1.62. The van der Waals surface area contributed by atoms with Crippen LogP contribution in [0, 0.1) is 10.1 Å². The van der Waals surface area contributed by atoms with Crippen LogP contribution in [-0.4, -0.2) is 28.8 Å². The van der Waals surface area contributed by atoms with E-state index in [9.17, 15) is 14.9 Å². The third-order valence-electron chi connectivity index (χ3n) is 3.17. The first-order valence-corrected chi connectivity index (χ1v) is 5.94. The van der Waals surface area contributed by atoms with E-state index in [4.69, 9.17) is 5.84 Å². The lowest BCUT2D eigenvalue weighted by Crippen LogP contribution is -2.34. The molecule has 0 aromatic heterocycles. The van der Waals surface area contributed by atoms with Gasteiger partial charge in [0, 0.05) is 24.7 Å². The number of nitrogens with two attached hydrogens (primary N) is 1. The average Bonchev–Trinajstić information content (AvgIpc) is 2.43. The van der Waals surface area contributed by atoms with Crippen LogP contribution in [0.3, 0.4) is 0 Å². The highest BCUT2D eigenvalue weighted by Gasteiger charge is 2.20. The number of anilines is 1. The van der Waals surface area contributed by atoms with Crippen LogP contribution in [0.5, 0.6) is 0 Å². The number of nitro benzene ring substituents is 1. The van der Waals surface area contributed by atoms with E-state index in [0.29, 0.717) is 5.56 Å². The highest BCUT2D eigenvalue weighted by atomic mass is 16.6. The van der Waals surface area contributed by atoms with Crippen LogP contribution < -0.4 is 11.3 Å². The van der Waals surface area contributed by atoms with E-state index in [-0.39, 0.29) is 23.3 Å². The Morgan fingerprint density at radius 2 is 2.21 bits per heavy atom. The maximum absolute atomic E-state index is 12.2. The summed E-state index contributed by atoms with van der Waals surface area (Å²) in [5.74, 6) is 5.05. The number of nitrogens with one attached hydrogen (secondary N) is 1. The van der Waals surface area contributed by atoms with Crippen molar-refractivity contribution in [3.8, 4) is 0 Å². The van der Waals surface area contributed by atoms with E-state index in [2.05, 4.69) is 5.43 Å². The predicted octanol–water partition coefficient (Wildman–Crippen LogP) is 1.75. The smallest absolute Gasteiger partial charge is 0.293 e. The molecule has 1 atom stereocenters. The van der Waals surface area contributed by atoms with Gasteiger partial charge in [0.25, 0.3) is 11.6 Å². The SMILES string of the molecule is CCC(C)N(C)C(=O)c1ccc([N+](=O)[O-])c(NN)c1. The van der Waals surface area contributed by atoms with Gasteiger partial charge in [-0.25, -0.2) is 0 Å². The predicted molar refractivity (Wildman–Crippen MR) is 72.8 cm³/mol. The van der Waals surface area contributed by atoms with Crippen molar-refractivity contribution >= 4 is 17.3 Å². The van der Waals surface area contributed by atoms with Gasteiger partial charge in [0.2, 0.25) is 0 Å². The number of benzene rings is 1. The molecule has 1 aromatic rings. The summed E-state index contributed by atoms with van der Waals surface area (Å²) in [6, 6.07) is 4.18. The van der Waals surface area contributed by atoms with Crippen molar-refractivity contribution in [3.05, 3.63) is 33.9 Å².